The number of para-hydroxylation sites is 1. The van der Waals surface area contributed by atoms with Crippen LogP contribution in [0.15, 0.2) is 47.4 Å². The monoisotopic (exact) mass is 536 g/mol. The normalized spacial score (nSPS) is 22.8. The van der Waals surface area contributed by atoms with Crippen LogP contribution in [0.3, 0.4) is 0 Å². The van der Waals surface area contributed by atoms with Gasteiger partial charge < -0.3 is 24.4 Å². The van der Waals surface area contributed by atoms with Gasteiger partial charge in [-0.05, 0) is 31.5 Å². The number of hydrogen-bond acceptors (Lipinski definition) is 7. The largest absolute Gasteiger partial charge is 0.502 e. The molecule has 9 nitrogen and oxygen atoms in total. The number of morpholine rings is 1. The van der Waals surface area contributed by atoms with Gasteiger partial charge in [-0.1, -0.05) is 18.2 Å². The summed E-state index contributed by atoms with van der Waals surface area (Å²) in [5, 5.41) is 12.6. The number of aromatic nitrogens is 1. The zero-order valence-corrected chi connectivity index (χ0v) is 21.4. The molecule has 2 unspecified atom stereocenters. The van der Waals surface area contributed by atoms with E-state index in [1.165, 1.54) is 16.9 Å². The highest BCUT2D eigenvalue weighted by Crippen LogP contribution is 2.53. The molecule has 0 spiro atoms. The van der Waals surface area contributed by atoms with Gasteiger partial charge in [-0.15, -0.1) is 0 Å². The molecule has 5 heterocycles. The Morgan fingerprint density at radius 2 is 1.85 bits per heavy atom. The van der Waals surface area contributed by atoms with Crippen molar-refractivity contribution in [2.75, 3.05) is 42.8 Å². The predicted molar refractivity (Wildman–Crippen MR) is 137 cm³/mol. The van der Waals surface area contributed by atoms with Gasteiger partial charge in [0.1, 0.15) is 24.6 Å². The lowest BCUT2D eigenvalue weighted by atomic mass is 9.85. The number of halogens is 2. The van der Waals surface area contributed by atoms with Gasteiger partial charge in [-0.3, -0.25) is 19.3 Å². The Bertz CT molecular complexity index is 1610. The Hall–Kier alpha value is -4.12. The van der Waals surface area contributed by atoms with E-state index in [1.54, 1.807) is 11.0 Å². The summed E-state index contributed by atoms with van der Waals surface area (Å²) in [4.78, 5) is 29.6. The minimum absolute atomic E-state index is 0.131. The summed E-state index contributed by atoms with van der Waals surface area (Å²) < 4.78 is 44.1. The first-order valence-corrected chi connectivity index (χ1v) is 12.9. The van der Waals surface area contributed by atoms with Crippen molar-refractivity contribution in [3.8, 4) is 11.5 Å². The molecule has 3 aromatic rings. The van der Waals surface area contributed by atoms with Crippen LogP contribution in [0.1, 0.15) is 47.1 Å². The molecule has 0 radical (unpaired) electrons. The molecular weight excluding hydrogens is 510 g/mol. The lowest BCUT2D eigenvalue weighted by molar-refractivity contribution is -0.0197. The van der Waals surface area contributed by atoms with Crippen LogP contribution in [-0.2, 0) is 10.3 Å². The Kier molecular flexibility index (Phi) is 5.03. The minimum atomic E-state index is -0.978. The first kappa shape index (κ1) is 24.0. The first-order chi connectivity index (χ1) is 18.7. The second-order valence-corrected chi connectivity index (χ2v) is 10.6. The van der Waals surface area contributed by atoms with Crippen molar-refractivity contribution in [2.24, 2.45) is 0 Å². The smallest absolute Gasteiger partial charge is 0.278 e. The zero-order valence-electron chi connectivity index (χ0n) is 21.4. The van der Waals surface area contributed by atoms with Crippen molar-refractivity contribution in [3.05, 3.63) is 86.8 Å². The van der Waals surface area contributed by atoms with E-state index in [0.29, 0.717) is 24.5 Å². The molecule has 202 valence electrons. The summed E-state index contributed by atoms with van der Waals surface area (Å²) in [5.74, 6) is -2.47. The number of anilines is 1. The van der Waals surface area contributed by atoms with E-state index < -0.39 is 46.5 Å². The number of rotatable bonds is 1. The summed E-state index contributed by atoms with van der Waals surface area (Å²) in [6.45, 7) is 5.17. The number of ether oxygens (including phenoxy) is 2. The number of pyridine rings is 1. The van der Waals surface area contributed by atoms with Crippen LogP contribution in [-0.4, -0.2) is 59.7 Å². The third-order valence-electron chi connectivity index (χ3n) is 8.31. The molecular formula is C28H26F2N4O5. The van der Waals surface area contributed by atoms with Gasteiger partial charge in [0.2, 0.25) is 5.43 Å². The highest BCUT2D eigenvalue weighted by atomic mass is 19.2. The summed E-state index contributed by atoms with van der Waals surface area (Å²) >= 11 is 0. The number of fused-ring (bicyclic) bond motifs is 3. The third kappa shape index (κ3) is 3.13. The number of nitrogens with zero attached hydrogens (tertiary/aromatic N) is 4. The Labute approximate surface area is 222 Å². The van der Waals surface area contributed by atoms with E-state index >= 15 is 4.39 Å². The molecule has 39 heavy (non-hydrogen) atoms. The fourth-order valence-electron chi connectivity index (χ4n) is 6.62. The van der Waals surface area contributed by atoms with Gasteiger partial charge >= 0.3 is 0 Å². The van der Waals surface area contributed by atoms with E-state index in [1.807, 2.05) is 42.0 Å². The van der Waals surface area contributed by atoms with Crippen LogP contribution in [0.5, 0.6) is 11.5 Å². The lowest BCUT2D eigenvalue weighted by Crippen LogP contribution is -2.66. The fourth-order valence-corrected chi connectivity index (χ4v) is 6.62. The molecule has 0 aliphatic carbocycles. The molecule has 1 N–H and O–H groups in total. The van der Waals surface area contributed by atoms with Gasteiger partial charge in [-0.2, -0.15) is 0 Å². The highest BCUT2D eigenvalue weighted by molar-refractivity contribution is 5.96. The van der Waals surface area contributed by atoms with Crippen molar-refractivity contribution >= 4 is 11.6 Å². The van der Waals surface area contributed by atoms with Gasteiger partial charge in [0.05, 0.1) is 31.0 Å². The Morgan fingerprint density at radius 3 is 2.67 bits per heavy atom. The van der Waals surface area contributed by atoms with Crippen molar-refractivity contribution in [2.45, 2.75) is 31.6 Å². The van der Waals surface area contributed by atoms with E-state index in [4.69, 9.17) is 9.47 Å². The number of benzene rings is 2. The molecule has 2 atom stereocenters. The highest BCUT2D eigenvalue weighted by Gasteiger charge is 2.50. The van der Waals surface area contributed by atoms with Crippen molar-refractivity contribution in [1.29, 1.82) is 0 Å². The van der Waals surface area contributed by atoms with Gasteiger partial charge in [0.15, 0.2) is 23.1 Å². The second kappa shape index (κ2) is 8.19. The average Bonchev–Trinajstić information content (AvgIpc) is 3.01. The summed E-state index contributed by atoms with van der Waals surface area (Å²) in [6, 6.07) is 8.68. The van der Waals surface area contributed by atoms with Crippen molar-refractivity contribution < 1.29 is 28.2 Å². The summed E-state index contributed by atoms with van der Waals surface area (Å²) in [6.07, 6.45) is 0.766. The second-order valence-electron chi connectivity index (χ2n) is 10.6. The van der Waals surface area contributed by atoms with Crippen LogP contribution >= 0.6 is 0 Å². The standard InChI is InChI=1S/C28H26F2N4O5/c1-28(2)21-15(6-7-17(29)22(21)30)23(16-4-3-5-19-24(16)32(28)11-13-39-19)34-20-14-38-12-10-31(20)27(37)25-26(36)18(35)8-9-33(25)34/h3-9,20,23,36H,10-14H2,1-2H3. The fraction of sp³-hybridized carbons (Fsp3) is 0.357. The molecule has 1 amide bonds. The van der Waals surface area contributed by atoms with Crippen molar-refractivity contribution in [3.63, 3.8) is 0 Å². The molecule has 4 aliphatic rings. The molecule has 1 saturated heterocycles. The predicted octanol–water partition coefficient (Wildman–Crippen LogP) is 2.82. The summed E-state index contributed by atoms with van der Waals surface area (Å²) in [5.41, 5.74) is 0.304. The van der Waals surface area contributed by atoms with Crippen LogP contribution in [0.4, 0.5) is 14.5 Å². The Balaban J connectivity index is 1.60. The molecule has 1 fully saturated rings. The molecule has 4 aliphatic heterocycles. The molecule has 0 bridgehead atoms. The first-order valence-electron chi connectivity index (χ1n) is 12.9. The SMILES string of the molecule is CC1(C)c2c(ccc(F)c2F)C(N2C3COCCN3C(=O)c3c(O)c(=O)ccn32)c2cccc3c2N1CCO3. The van der Waals surface area contributed by atoms with Crippen LogP contribution in [0, 0.1) is 11.6 Å². The third-order valence-corrected chi connectivity index (χ3v) is 8.31. The maximum absolute atomic E-state index is 15.9. The number of carbonyl (C=O) groups is 1. The lowest BCUT2D eigenvalue weighted by Gasteiger charge is -2.51. The van der Waals surface area contributed by atoms with Crippen LogP contribution in [0.25, 0.3) is 0 Å². The molecule has 7 rings (SSSR count). The van der Waals surface area contributed by atoms with E-state index in [-0.39, 0.29) is 31.0 Å². The zero-order chi connectivity index (χ0) is 27.2. The quantitative estimate of drug-likeness (QED) is 0.512. The van der Waals surface area contributed by atoms with Crippen LogP contribution in [0.2, 0.25) is 0 Å². The maximum Gasteiger partial charge on any atom is 0.278 e. The summed E-state index contributed by atoms with van der Waals surface area (Å²) in [7, 11) is 0. The van der Waals surface area contributed by atoms with Gasteiger partial charge in [0, 0.05) is 29.9 Å². The molecule has 1 aromatic heterocycles. The van der Waals surface area contributed by atoms with Crippen molar-refractivity contribution in [1.82, 2.24) is 9.58 Å². The number of carbonyl (C=O) groups excluding carboxylic acids is 1. The minimum Gasteiger partial charge on any atom is -0.502 e. The average molecular weight is 537 g/mol. The van der Waals surface area contributed by atoms with Gasteiger partial charge in [0.25, 0.3) is 5.91 Å². The van der Waals surface area contributed by atoms with E-state index in [9.17, 15) is 19.1 Å². The maximum atomic E-state index is 15.9. The number of amides is 1. The van der Waals surface area contributed by atoms with Gasteiger partial charge in [-0.25, -0.2) is 8.78 Å². The molecule has 2 aromatic carbocycles. The topological polar surface area (TPSA) is 87.5 Å². The van der Waals surface area contributed by atoms with E-state index in [2.05, 4.69) is 0 Å². The Morgan fingerprint density at radius 1 is 1.03 bits per heavy atom. The molecule has 0 saturated carbocycles. The van der Waals surface area contributed by atoms with E-state index in [0.717, 1.165) is 17.3 Å². The number of aromatic hydroxyl groups is 1. The van der Waals surface area contributed by atoms with Crippen LogP contribution < -0.4 is 20.1 Å². The number of hydrogen-bond donors (Lipinski definition) is 1. The molecule has 11 heteroatoms.